The van der Waals surface area contributed by atoms with Gasteiger partial charge in [0.25, 0.3) is 5.91 Å². The Labute approximate surface area is 227 Å². The molecule has 1 aliphatic rings. The van der Waals surface area contributed by atoms with E-state index in [1.807, 2.05) is 47.4 Å². The van der Waals surface area contributed by atoms with Gasteiger partial charge in [-0.25, -0.2) is 9.18 Å². The Kier molecular flexibility index (Phi) is 8.43. The number of carbonyl (C=O) groups excluding carboxylic acids is 1. The number of benzene rings is 3. The van der Waals surface area contributed by atoms with Crippen molar-refractivity contribution in [2.75, 3.05) is 26.2 Å². The van der Waals surface area contributed by atoms with Gasteiger partial charge in [-0.05, 0) is 54.4 Å². The third-order valence-electron chi connectivity index (χ3n) is 6.66. The second kappa shape index (κ2) is 11.8. The van der Waals surface area contributed by atoms with Crippen LogP contribution in [0.1, 0.15) is 27.2 Å². The number of phenolic OH excluding ortho intramolecular Hbond substituents is 1. The minimum atomic E-state index is -5.08. The molecule has 3 N–H and O–H groups in total. The molecular formula is C29H27F4N3O4. The Balaban J connectivity index is 0.000000470. The Morgan fingerprint density at radius 1 is 0.975 bits per heavy atom. The average Bonchev–Trinajstić information content (AvgIpc) is 3.24. The van der Waals surface area contributed by atoms with E-state index in [9.17, 15) is 27.5 Å². The molecule has 0 bridgehead atoms. The number of para-hydroxylation sites is 1. The molecule has 3 aromatic carbocycles. The topological polar surface area (TPSA) is 94.8 Å². The molecule has 0 unspecified atom stereocenters. The van der Waals surface area contributed by atoms with Crippen molar-refractivity contribution in [3.05, 3.63) is 94.9 Å². The molecule has 210 valence electrons. The summed E-state index contributed by atoms with van der Waals surface area (Å²) in [5.41, 5.74) is 4.51. The number of amides is 1. The van der Waals surface area contributed by atoms with Crippen LogP contribution >= 0.6 is 0 Å². The number of aromatic nitrogens is 1. The van der Waals surface area contributed by atoms with Crippen LogP contribution in [0.5, 0.6) is 5.75 Å². The highest BCUT2D eigenvalue weighted by atomic mass is 19.4. The number of aliphatic carboxylic acids is 1. The zero-order valence-corrected chi connectivity index (χ0v) is 21.5. The highest BCUT2D eigenvalue weighted by Crippen LogP contribution is 2.35. The molecule has 1 fully saturated rings. The van der Waals surface area contributed by atoms with Gasteiger partial charge in [0.2, 0.25) is 0 Å². The number of aromatic hydroxyl groups is 1. The lowest BCUT2D eigenvalue weighted by atomic mass is 9.99. The number of phenols is 1. The monoisotopic (exact) mass is 557 g/mol. The van der Waals surface area contributed by atoms with Gasteiger partial charge < -0.3 is 25.0 Å². The maximum atomic E-state index is 14.4. The Morgan fingerprint density at radius 2 is 1.62 bits per heavy atom. The summed E-state index contributed by atoms with van der Waals surface area (Å²) in [5, 5.41) is 21.4. The number of fused-ring (bicyclic) bond motifs is 1. The smallest absolute Gasteiger partial charge is 0.490 e. The number of alkyl halides is 3. The van der Waals surface area contributed by atoms with Gasteiger partial charge in [0, 0.05) is 49.4 Å². The Hall–Kier alpha value is -4.38. The first-order chi connectivity index (χ1) is 19.0. The van der Waals surface area contributed by atoms with Crippen LogP contribution in [0.15, 0.2) is 66.7 Å². The van der Waals surface area contributed by atoms with Gasteiger partial charge in [-0.3, -0.25) is 4.79 Å². The Morgan fingerprint density at radius 3 is 2.25 bits per heavy atom. The first-order valence-corrected chi connectivity index (χ1v) is 12.4. The molecule has 0 atom stereocenters. The number of carboxylic acids is 1. The van der Waals surface area contributed by atoms with Crippen molar-refractivity contribution in [2.45, 2.75) is 19.5 Å². The normalized spacial score (nSPS) is 13.6. The summed E-state index contributed by atoms with van der Waals surface area (Å²) in [4.78, 5) is 24.6. The van der Waals surface area contributed by atoms with Gasteiger partial charge in [-0.15, -0.1) is 0 Å². The van der Waals surface area contributed by atoms with E-state index >= 15 is 0 Å². The lowest BCUT2D eigenvalue weighted by molar-refractivity contribution is -0.192. The van der Waals surface area contributed by atoms with Crippen molar-refractivity contribution in [2.24, 2.45) is 0 Å². The minimum Gasteiger partial charge on any atom is -0.508 e. The van der Waals surface area contributed by atoms with Crippen LogP contribution in [0.25, 0.3) is 16.6 Å². The number of halogens is 4. The molecule has 0 radical (unpaired) electrons. The molecule has 40 heavy (non-hydrogen) atoms. The van der Waals surface area contributed by atoms with Crippen molar-refractivity contribution in [3.63, 3.8) is 0 Å². The summed E-state index contributed by atoms with van der Waals surface area (Å²) in [5.74, 6) is -2.98. The van der Waals surface area contributed by atoms with E-state index < -0.39 is 12.1 Å². The maximum absolute atomic E-state index is 14.4. The van der Waals surface area contributed by atoms with Gasteiger partial charge in [0.05, 0.1) is 11.1 Å². The standard InChI is InChI=1S/C27H26FN3O2.C2HF3O2/c1-18-19(6-5-9-23(18)28)16-25-26(27(33)30-14-12-29-13-15-30)22-17-21(32)10-11-24(22)31(25)20-7-3-2-4-8-20;3-2(4,5)1(6)7/h2-11,17,29,32H,12-16H2,1H3;(H,6,7). The number of nitrogens with one attached hydrogen (secondary N) is 1. The van der Waals surface area contributed by atoms with Crippen LogP contribution < -0.4 is 5.32 Å². The molecule has 1 aromatic heterocycles. The number of carbonyl (C=O) groups is 2. The van der Waals surface area contributed by atoms with Crippen LogP contribution in [-0.2, 0) is 11.2 Å². The summed E-state index contributed by atoms with van der Waals surface area (Å²) in [7, 11) is 0. The van der Waals surface area contributed by atoms with E-state index in [0.717, 1.165) is 35.6 Å². The number of nitrogens with zero attached hydrogens (tertiary/aromatic N) is 2. The van der Waals surface area contributed by atoms with Crippen LogP contribution in [0, 0.1) is 12.7 Å². The fourth-order valence-corrected chi connectivity index (χ4v) is 4.66. The summed E-state index contributed by atoms with van der Waals surface area (Å²) in [6.07, 6.45) is -4.69. The quantitative estimate of drug-likeness (QED) is 0.305. The fraction of sp³-hybridized carbons (Fsp3) is 0.241. The van der Waals surface area contributed by atoms with E-state index in [4.69, 9.17) is 9.90 Å². The van der Waals surface area contributed by atoms with Crippen LogP contribution in [0.3, 0.4) is 0 Å². The van der Waals surface area contributed by atoms with Crippen molar-refractivity contribution in [1.29, 1.82) is 0 Å². The second-order valence-corrected chi connectivity index (χ2v) is 9.24. The maximum Gasteiger partial charge on any atom is 0.490 e. The van der Waals surface area contributed by atoms with E-state index in [0.29, 0.717) is 36.0 Å². The first kappa shape index (κ1) is 28.6. The SMILES string of the molecule is Cc1c(F)cccc1Cc1c(C(=O)N2CCNCC2)c2cc(O)ccc2n1-c1ccccc1.O=C(O)C(F)(F)F. The Bertz CT molecular complexity index is 1530. The van der Waals surface area contributed by atoms with Crippen molar-refractivity contribution in [1.82, 2.24) is 14.8 Å². The third kappa shape index (κ3) is 6.09. The minimum absolute atomic E-state index is 0.0640. The number of hydrogen-bond acceptors (Lipinski definition) is 4. The number of piperazine rings is 1. The molecule has 4 aromatic rings. The van der Waals surface area contributed by atoms with E-state index in [1.54, 1.807) is 25.1 Å². The summed E-state index contributed by atoms with van der Waals surface area (Å²) < 4.78 is 48.2. The predicted molar refractivity (Wildman–Crippen MR) is 141 cm³/mol. The van der Waals surface area contributed by atoms with Crippen molar-refractivity contribution < 1.29 is 37.4 Å². The third-order valence-corrected chi connectivity index (χ3v) is 6.66. The molecule has 1 aliphatic heterocycles. The van der Waals surface area contributed by atoms with Crippen LogP contribution in [0.4, 0.5) is 17.6 Å². The molecule has 7 nitrogen and oxygen atoms in total. The summed E-state index contributed by atoms with van der Waals surface area (Å²) in [6.45, 7) is 4.49. The zero-order valence-electron chi connectivity index (χ0n) is 21.5. The van der Waals surface area contributed by atoms with Gasteiger partial charge in [-0.2, -0.15) is 13.2 Å². The largest absolute Gasteiger partial charge is 0.508 e. The van der Waals surface area contributed by atoms with E-state index in [2.05, 4.69) is 9.88 Å². The molecule has 1 saturated heterocycles. The lowest BCUT2D eigenvalue weighted by Gasteiger charge is -2.28. The molecule has 0 aliphatic carbocycles. The molecule has 5 rings (SSSR count). The lowest BCUT2D eigenvalue weighted by Crippen LogP contribution is -2.46. The molecule has 11 heteroatoms. The van der Waals surface area contributed by atoms with E-state index in [-0.39, 0.29) is 17.5 Å². The fourth-order valence-electron chi connectivity index (χ4n) is 4.66. The number of rotatable bonds is 4. The van der Waals surface area contributed by atoms with Crippen LogP contribution in [-0.4, -0.2) is 63.9 Å². The number of hydrogen-bond donors (Lipinski definition) is 3. The highest BCUT2D eigenvalue weighted by molar-refractivity contribution is 6.09. The predicted octanol–water partition coefficient (Wildman–Crippen LogP) is 5.05. The van der Waals surface area contributed by atoms with Gasteiger partial charge in [-0.1, -0.05) is 30.3 Å². The van der Waals surface area contributed by atoms with E-state index in [1.165, 1.54) is 6.07 Å². The molecule has 2 heterocycles. The van der Waals surface area contributed by atoms with Gasteiger partial charge >= 0.3 is 12.1 Å². The van der Waals surface area contributed by atoms with Crippen molar-refractivity contribution >= 4 is 22.8 Å². The van der Waals surface area contributed by atoms with Gasteiger partial charge in [0.1, 0.15) is 11.6 Å². The van der Waals surface area contributed by atoms with Gasteiger partial charge in [0.15, 0.2) is 0 Å². The summed E-state index contributed by atoms with van der Waals surface area (Å²) >= 11 is 0. The van der Waals surface area contributed by atoms with Crippen molar-refractivity contribution in [3.8, 4) is 11.4 Å². The average molecular weight is 558 g/mol. The van der Waals surface area contributed by atoms with Crippen LogP contribution in [0.2, 0.25) is 0 Å². The molecule has 0 spiro atoms. The summed E-state index contributed by atoms with van der Waals surface area (Å²) in [6, 6.07) is 20.0. The molecular weight excluding hydrogens is 530 g/mol. The first-order valence-electron chi connectivity index (χ1n) is 12.4. The number of carboxylic acid groups (broad SMARTS) is 1. The molecule has 0 saturated carbocycles. The highest BCUT2D eigenvalue weighted by Gasteiger charge is 2.38. The second-order valence-electron chi connectivity index (χ2n) is 9.24. The molecule has 1 amide bonds. The zero-order chi connectivity index (χ0) is 29.0.